The van der Waals surface area contributed by atoms with Gasteiger partial charge in [-0.05, 0) is 48.4 Å². The van der Waals surface area contributed by atoms with Crippen LogP contribution >= 0.6 is 11.6 Å². The first kappa shape index (κ1) is 12.7. The Balaban J connectivity index is 2.06. The lowest BCUT2D eigenvalue weighted by atomic mass is 10.2. The van der Waals surface area contributed by atoms with Gasteiger partial charge < -0.3 is 10.5 Å². The van der Waals surface area contributed by atoms with Crippen molar-refractivity contribution in [1.29, 1.82) is 0 Å². The molecule has 0 spiro atoms. The minimum Gasteiger partial charge on any atom is -0.489 e. The van der Waals surface area contributed by atoms with Crippen LogP contribution in [0.3, 0.4) is 0 Å². The standard InChI is InChI=1S/C14H13ClFNO/c1-9-6-11(3-5-13(9)16)18-8-10-2-4-12(15)14(17)7-10/h2-7H,8,17H2,1H3. The van der Waals surface area contributed by atoms with E-state index in [-0.39, 0.29) is 5.82 Å². The number of hydrogen-bond donors (Lipinski definition) is 1. The third-order valence-electron chi connectivity index (χ3n) is 2.60. The van der Waals surface area contributed by atoms with E-state index >= 15 is 0 Å². The van der Waals surface area contributed by atoms with Crippen LogP contribution in [-0.4, -0.2) is 0 Å². The fourth-order valence-electron chi connectivity index (χ4n) is 1.56. The summed E-state index contributed by atoms with van der Waals surface area (Å²) in [7, 11) is 0. The summed E-state index contributed by atoms with van der Waals surface area (Å²) in [5.41, 5.74) is 7.69. The van der Waals surface area contributed by atoms with Crippen molar-refractivity contribution in [2.75, 3.05) is 5.73 Å². The summed E-state index contributed by atoms with van der Waals surface area (Å²) in [6.07, 6.45) is 0. The number of aryl methyl sites for hydroxylation is 1. The zero-order valence-electron chi connectivity index (χ0n) is 9.91. The average molecular weight is 266 g/mol. The molecule has 0 atom stereocenters. The van der Waals surface area contributed by atoms with Gasteiger partial charge in [0.25, 0.3) is 0 Å². The van der Waals surface area contributed by atoms with Crippen LogP contribution in [0.5, 0.6) is 5.75 Å². The van der Waals surface area contributed by atoms with Gasteiger partial charge in [-0.3, -0.25) is 0 Å². The van der Waals surface area contributed by atoms with Crippen molar-refractivity contribution in [3.63, 3.8) is 0 Å². The Hall–Kier alpha value is -1.74. The summed E-state index contributed by atoms with van der Waals surface area (Å²) < 4.78 is 18.6. The summed E-state index contributed by atoms with van der Waals surface area (Å²) >= 11 is 5.83. The van der Waals surface area contributed by atoms with E-state index in [9.17, 15) is 4.39 Å². The number of nitrogen functional groups attached to an aromatic ring is 1. The van der Waals surface area contributed by atoms with E-state index in [0.29, 0.717) is 28.6 Å². The van der Waals surface area contributed by atoms with Crippen molar-refractivity contribution in [1.82, 2.24) is 0 Å². The van der Waals surface area contributed by atoms with E-state index < -0.39 is 0 Å². The molecular formula is C14H13ClFNO. The Bertz CT molecular complexity index is 520. The zero-order valence-corrected chi connectivity index (χ0v) is 10.7. The Morgan fingerprint density at radius 1 is 1.22 bits per heavy atom. The number of halogens is 2. The minimum absolute atomic E-state index is 0.238. The Labute approximate surface area is 110 Å². The maximum absolute atomic E-state index is 13.1. The molecular weight excluding hydrogens is 253 g/mol. The number of anilines is 1. The van der Waals surface area contributed by atoms with Gasteiger partial charge in [0, 0.05) is 0 Å². The molecule has 18 heavy (non-hydrogen) atoms. The molecule has 0 aromatic heterocycles. The molecule has 2 nitrogen and oxygen atoms in total. The lowest BCUT2D eigenvalue weighted by Crippen LogP contribution is -1.97. The molecule has 0 heterocycles. The van der Waals surface area contributed by atoms with Crippen molar-refractivity contribution in [2.45, 2.75) is 13.5 Å². The maximum atomic E-state index is 13.1. The highest BCUT2D eigenvalue weighted by Crippen LogP contribution is 2.21. The number of rotatable bonds is 3. The monoisotopic (exact) mass is 265 g/mol. The molecule has 0 saturated heterocycles. The molecule has 0 radical (unpaired) electrons. The SMILES string of the molecule is Cc1cc(OCc2ccc(Cl)c(N)c2)ccc1F. The molecule has 2 aromatic rings. The van der Waals surface area contributed by atoms with Crippen molar-refractivity contribution in [2.24, 2.45) is 0 Å². The smallest absolute Gasteiger partial charge is 0.126 e. The topological polar surface area (TPSA) is 35.2 Å². The number of hydrogen-bond acceptors (Lipinski definition) is 2. The van der Waals surface area contributed by atoms with Gasteiger partial charge in [0.05, 0.1) is 10.7 Å². The van der Waals surface area contributed by atoms with E-state index in [1.165, 1.54) is 6.07 Å². The predicted molar refractivity (Wildman–Crippen MR) is 71.3 cm³/mol. The quantitative estimate of drug-likeness (QED) is 0.853. The lowest BCUT2D eigenvalue weighted by molar-refractivity contribution is 0.305. The summed E-state index contributed by atoms with van der Waals surface area (Å²) in [5, 5.41) is 0.524. The summed E-state index contributed by atoms with van der Waals surface area (Å²) in [4.78, 5) is 0. The maximum Gasteiger partial charge on any atom is 0.126 e. The highest BCUT2D eigenvalue weighted by molar-refractivity contribution is 6.33. The first-order valence-corrected chi connectivity index (χ1v) is 5.87. The first-order valence-electron chi connectivity index (χ1n) is 5.49. The third-order valence-corrected chi connectivity index (χ3v) is 2.94. The van der Waals surface area contributed by atoms with Gasteiger partial charge in [-0.25, -0.2) is 4.39 Å². The van der Waals surface area contributed by atoms with Crippen molar-refractivity contribution < 1.29 is 9.13 Å². The van der Waals surface area contributed by atoms with E-state index in [1.807, 2.05) is 6.07 Å². The van der Waals surface area contributed by atoms with Crippen LogP contribution in [0.2, 0.25) is 5.02 Å². The van der Waals surface area contributed by atoms with Gasteiger partial charge in [0.1, 0.15) is 18.2 Å². The van der Waals surface area contributed by atoms with Crippen LogP contribution in [0.15, 0.2) is 36.4 Å². The van der Waals surface area contributed by atoms with Crippen molar-refractivity contribution >= 4 is 17.3 Å². The third kappa shape index (κ3) is 2.93. The highest BCUT2D eigenvalue weighted by atomic mass is 35.5. The van der Waals surface area contributed by atoms with Gasteiger partial charge in [-0.1, -0.05) is 17.7 Å². The normalized spacial score (nSPS) is 10.4. The molecule has 94 valence electrons. The largest absolute Gasteiger partial charge is 0.489 e. The van der Waals surface area contributed by atoms with Crippen LogP contribution in [0, 0.1) is 12.7 Å². The van der Waals surface area contributed by atoms with Crippen LogP contribution in [-0.2, 0) is 6.61 Å². The van der Waals surface area contributed by atoms with Gasteiger partial charge in [-0.2, -0.15) is 0 Å². The minimum atomic E-state index is -0.238. The Kier molecular flexibility index (Phi) is 3.72. The lowest BCUT2D eigenvalue weighted by Gasteiger charge is -2.08. The van der Waals surface area contributed by atoms with Gasteiger partial charge in [0.15, 0.2) is 0 Å². The Morgan fingerprint density at radius 2 is 2.00 bits per heavy atom. The summed E-state index contributed by atoms with van der Waals surface area (Å²) in [6.45, 7) is 2.06. The van der Waals surface area contributed by atoms with Crippen molar-refractivity contribution in [3.05, 3.63) is 58.4 Å². The second-order valence-electron chi connectivity index (χ2n) is 4.06. The molecule has 2 N–H and O–H groups in total. The first-order chi connectivity index (χ1) is 8.56. The van der Waals surface area contributed by atoms with Crippen LogP contribution < -0.4 is 10.5 Å². The number of nitrogens with two attached hydrogens (primary N) is 1. The predicted octanol–water partition coefficient (Wildman–Crippen LogP) is 3.95. The van der Waals surface area contributed by atoms with Crippen LogP contribution in [0.25, 0.3) is 0 Å². The van der Waals surface area contributed by atoms with E-state index in [4.69, 9.17) is 22.1 Å². The average Bonchev–Trinajstić information content (AvgIpc) is 2.35. The molecule has 0 amide bonds. The molecule has 2 aromatic carbocycles. The van der Waals surface area contributed by atoms with E-state index in [0.717, 1.165) is 5.56 Å². The van der Waals surface area contributed by atoms with E-state index in [1.54, 1.807) is 31.2 Å². The van der Waals surface area contributed by atoms with Gasteiger partial charge in [-0.15, -0.1) is 0 Å². The molecule has 0 aliphatic carbocycles. The number of ether oxygens (including phenoxy) is 1. The molecule has 0 saturated carbocycles. The molecule has 0 unspecified atom stereocenters. The van der Waals surface area contributed by atoms with Crippen LogP contribution in [0.1, 0.15) is 11.1 Å². The fourth-order valence-corrected chi connectivity index (χ4v) is 1.67. The van der Waals surface area contributed by atoms with Crippen molar-refractivity contribution in [3.8, 4) is 5.75 Å². The van der Waals surface area contributed by atoms with Gasteiger partial charge >= 0.3 is 0 Å². The molecule has 2 rings (SSSR count). The number of benzene rings is 2. The summed E-state index contributed by atoms with van der Waals surface area (Å²) in [5.74, 6) is 0.389. The Morgan fingerprint density at radius 3 is 2.67 bits per heavy atom. The highest BCUT2D eigenvalue weighted by Gasteiger charge is 2.02. The fraction of sp³-hybridized carbons (Fsp3) is 0.143. The van der Waals surface area contributed by atoms with Gasteiger partial charge in [0.2, 0.25) is 0 Å². The molecule has 0 aliphatic rings. The van der Waals surface area contributed by atoms with E-state index in [2.05, 4.69) is 0 Å². The molecule has 0 aliphatic heterocycles. The molecule has 0 bridgehead atoms. The van der Waals surface area contributed by atoms with Crippen LogP contribution in [0.4, 0.5) is 10.1 Å². The second-order valence-corrected chi connectivity index (χ2v) is 4.46. The molecule has 4 heteroatoms. The summed E-state index contributed by atoms with van der Waals surface area (Å²) in [6, 6.07) is 9.98. The molecule has 0 fully saturated rings. The second kappa shape index (κ2) is 5.27. The zero-order chi connectivity index (χ0) is 13.1.